The second-order valence-electron chi connectivity index (χ2n) is 4.45. The van der Waals surface area contributed by atoms with E-state index in [-0.39, 0.29) is 0 Å². The van der Waals surface area contributed by atoms with E-state index in [9.17, 15) is 0 Å². The molecule has 0 amide bonds. The SMILES string of the molecule is CC(C)C(CN(C)C)Nc1nccnc1Cl. The molecule has 1 heterocycles. The predicted molar refractivity (Wildman–Crippen MR) is 67.8 cm³/mol. The summed E-state index contributed by atoms with van der Waals surface area (Å²) in [6, 6.07) is 0.309. The molecule has 0 fully saturated rings. The van der Waals surface area contributed by atoms with Gasteiger partial charge in [-0.1, -0.05) is 25.4 Å². The van der Waals surface area contributed by atoms with E-state index < -0.39 is 0 Å². The number of aromatic nitrogens is 2. The summed E-state index contributed by atoms with van der Waals surface area (Å²) in [6.07, 6.45) is 3.23. The van der Waals surface area contributed by atoms with Gasteiger partial charge in [-0.3, -0.25) is 0 Å². The van der Waals surface area contributed by atoms with Crippen LogP contribution in [0.1, 0.15) is 13.8 Å². The second-order valence-corrected chi connectivity index (χ2v) is 4.81. The Morgan fingerprint density at radius 2 is 1.94 bits per heavy atom. The molecule has 0 aliphatic carbocycles. The summed E-state index contributed by atoms with van der Waals surface area (Å²) in [5.74, 6) is 1.16. The summed E-state index contributed by atoms with van der Waals surface area (Å²) in [5.41, 5.74) is 0. The molecule has 0 aliphatic rings. The van der Waals surface area contributed by atoms with Crippen molar-refractivity contribution >= 4 is 17.4 Å². The third-order valence-corrected chi connectivity index (χ3v) is 2.62. The van der Waals surface area contributed by atoms with Gasteiger partial charge in [0.1, 0.15) is 0 Å². The molecule has 4 nitrogen and oxygen atoms in total. The lowest BCUT2D eigenvalue weighted by molar-refractivity contribution is 0.344. The van der Waals surface area contributed by atoms with Gasteiger partial charge >= 0.3 is 0 Å². The lowest BCUT2D eigenvalue weighted by Crippen LogP contribution is -2.36. The minimum Gasteiger partial charge on any atom is -0.363 e. The highest BCUT2D eigenvalue weighted by atomic mass is 35.5. The average molecular weight is 243 g/mol. The zero-order valence-corrected chi connectivity index (χ0v) is 11.0. The Morgan fingerprint density at radius 1 is 1.31 bits per heavy atom. The van der Waals surface area contributed by atoms with Crippen LogP contribution in [0.5, 0.6) is 0 Å². The van der Waals surface area contributed by atoms with Crippen molar-refractivity contribution in [3.05, 3.63) is 17.5 Å². The van der Waals surface area contributed by atoms with Crippen molar-refractivity contribution in [1.82, 2.24) is 14.9 Å². The van der Waals surface area contributed by atoms with Crippen molar-refractivity contribution < 1.29 is 0 Å². The molecule has 0 saturated heterocycles. The molecule has 16 heavy (non-hydrogen) atoms. The van der Waals surface area contributed by atoms with Gasteiger partial charge in [-0.15, -0.1) is 0 Å². The van der Waals surface area contributed by atoms with E-state index in [4.69, 9.17) is 11.6 Å². The maximum Gasteiger partial charge on any atom is 0.171 e. The molecule has 0 aromatic carbocycles. The van der Waals surface area contributed by atoms with Crippen LogP contribution in [0.3, 0.4) is 0 Å². The first-order valence-corrected chi connectivity index (χ1v) is 5.76. The van der Waals surface area contributed by atoms with Crippen molar-refractivity contribution in [2.24, 2.45) is 5.92 Å². The minimum absolute atomic E-state index is 0.309. The zero-order chi connectivity index (χ0) is 12.1. The molecular formula is C11H19ClN4. The van der Waals surface area contributed by atoms with Gasteiger partial charge in [0, 0.05) is 25.0 Å². The number of nitrogens with zero attached hydrogens (tertiary/aromatic N) is 3. The standard InChI is InChI=1S/C11H19ClN4/c1-8(2)9(7-16(3)4)15-11-10(12)13-5-6-14-11/h5-6,8-9H,7H2,1-4H3,(H,14,15). The maximum absolute atomic E-state index is 5.96. The molecule has 0 radical (unpaired) electrons. The summed E-state index contributed by atoms with van der Waals surface area (Å²) >= 11 is 5.96. The van der Waals surface area contributed by atoms with E-state index in [1.165, 1.54) is 0 Å². The maximum atomic E-state index is 5.96. The molecule has 0 saturated carbocycles. The highest BCUT2D eigenvalue weighted by molar-refractivity contribution is 6.31. The number of anilines is 1. The Kier molecular flexibility index (Phi) is 4.96. The third-order valence-electron chi connectivity index (χ3n) is 2.34. The van der Waals surface area contributed by atoms with Crippen LogP contribution >= 0.6 is 11.6 Å². The Morgan fingerprint density at radius 3 is 2.44 bits per heavy atom. The van der Waals surface area contributed by atoms with Gasteiger partial charge in [-0.05, 0) is 20.0 Å². The number of nitrogens with one attached hydrogen (secondary N) is 1. The van der Waals surface area contributed by atoms with Crippen molar-refractivity contribution in [2.45, 2.75) is 19.9 Å². The van der Waals surface area contributed by atoms with Crippen LogP contribution in [0.25, 0.3) is 0 Å². The lowest BCUT2D eigenvalue weighted by Gasteiger charge is -2.26. The largest absolute Gasteiger partial charge is 0.363 e. The lowest BCUT2D eigenvalue weighted by atomic mass is 10.0. The number of halogens is 1. The minimum atomic E-state index is 0.309. The van der Waals surface area contributed by atoms with Gasteiger partial charge in [0.05, 0.1) is 0 Å². The van der Waals surface area contributed by atoms with Crippen molar-refractivity contribution in [3.8, 4) is 0 Å². The fourth-order valence-electron chi connectivity index (χ4n) is 1.41. The highest BCUT2D eigenvalue weighted by Gasteiger charge is 2.16. The second kappa shape index (κ2) is 6.01. The monoisotopic (exact) mass is 242 g/mol. The van der Waals surface area contributed by atoms with E-state index in [0.717, 1.165) is 6.54 Å². The number of hydrogen-bond acceptors (Lipinski definition) is 4. The Balaban J connectivity index is 2.72. The van der Waals surface area contributed by atoms with E-state index in [1.807, 2.05) is 0 Å². The molecule has 1 unspecified atom stereocenters. The predicted octanol–water partition coefficient (Wildman–Crippen LogP) is 2.13. The van der Waals surface area contributed by atoms with Crippen LogP contribution in [0.2, 0.25) is 5.15 Å². The third kappa shape index (κ3) is 3.94. The number of hydrogen-bond donors (Lipinski definition) is 1. The highest BCUT2D eigenvalue weighted by Crippen LogP contribution is 2.17. The summed E-state index contributed by atoms with van der Waals surface area (Å²) < 4.78 is 0. The molecule has 1 N–H and O–H groups in total. The quantitative estimate of drug-likeness (QED) is 0.859. The van der Waals surface area contributed by atoms with Crippen LogP contribution in [0.4, 0.5) is 5.82 Å². The molecule has 1 aromatic heterocycles. The number of likely N-dealkylation sites (N-methyl/N-ethyl adjacent to an activating group) is 1. The molecule has 1 rings (SSSR count). The van der Waals surface area contributed by atoms with Crippen molar-refractivity contribution in [1.29, 1.82) is 0 Å². The van der Waals surface area contributed by atoms with Gasteiger partial charge in [-0.25, -0.2) is 9.97 Å². The molecule has 1 atom stereocenters. The van der Waals surface area contributed by atoms with Gasteiger partial charge in [0.15, 0.2) is 11.0 Å². The van der Waals surface area contributed by atoms with Crippen molar-refractivity contribution in [3.63, 3.8) is 0 Å². The zero-order valence-electron chi connectivity index (χ0n) is 10.2. The average Bonchev–Trinajstić information content (AvgIpc) is 2.19. The molecule has 90 valence electrons. The topological polar surface area (TPSA) is 41.0 Å². The Labute approximate surface area is 102 Å². The van der Waals surface area contributed by atoms with Gasteiger partial charge < -0.3 is 10.2 Å². The molecule has 0 aliphatic heterocycles. The molecular weight excluding hydrogens is 224 g/mol. The van der Waals surface area contributed by atoms with Crippen LogP contribution in [-0.4, -0.2) is 41.5 Å². The molecule has 0 spiro atoms. The van der Waals surface area contributed by atoms with E-state index >= 15 is 0 Å². The van der Waals surface area contributed by atoms with E-state index in [0.29, 0.717) is 22.9 Å². The fraction of sp³-hybridized carbons (Fsp3) is 0.636. The first kappa shape index (κ1) is 13.2. The smallest absolute Gasteiger partial charge is 0.171 e. The molecule has 1 aromatic rings. The van der Waals surface area contributed by atoms with E-state index in [2.05, 4.69) is 48.1 Å². The van der Waals surface area contributed by atoms with Crippen LogP contribution in [0.15, 0.2) is 12.4 Å². The van der Waals surface area contributed by atoms with E-state index in [1.54, 1.807) is 12.4 Å². The van der Waals surface area contributed by atoms with Gasteiger partial charge in [-0.2, -0.15) is 0 Å². The molecule has 0 bridgehead atoms. The van der Waals surface area contributed by atoms with Gasteiger partial charge in [0.25, 0.3) is 0 Å². The molecule has 5 heteroatoms. The van der Waals surface area contributed by atoms with Crippen LogP contribution in [-0.2, 0) is 0 Å². The summed E-state index contributed by atoms with van der Waals surface area (Å²) in [7, 11) is 4.10. The summed E-state index contributed by atoms with van der Waals surface area (Å²) in [5, 5.41) is 3.75. The fourth-order valence-corrected chi connectivity index (χ4v) is 1.57. The van der Waals surface area contributed by atoms with Crippen LogP contribution in [0, 0.1) is 5.92 Å². The Hall–Kier alpha value is -0.870. The first-order valence-electron chi connectivity index (χ1n) is 5.38. The van der Waals surface area contributed by atoms with Gasteiger partial charge in [0.2, 0.25) is 0 Å². The summed E-state index contributed by atoms with van der Waals surface area (Å²) in [4.78, 5) is 10.3. The normalized spacial score (nSPS) is 13.2. The first-order chi connectivity index (χ1) is 7.50. The van der Waals surface area contributed by atoms with Crippen LogP contribution < -0.4 is 5.32 Å². The Bertz CT molecular complexity index is 328. The van der Waals surface area contributed by atoms with Crippen molar-refractivity contribution in [2.75, 3.05) is 26.0 Å². The summed E-state index contributed by atoms with van der Waals surface area (Å²) in [6.45, 7) is 5.28. The number of rotatable bonds is 5.